The van der Waals surface area contributed by atoms with Gasteiger partial charge in [0.05, 0.1) is 5.92 Å². The van der Waals surface area contributed by atoms with E-state index in [-0.39, 0.29) is 24.5 Å². The SMILES string of the molecule is O=C1Cc2cccc(NC(=O)c3ccccc3)c2C(C(=O)O)C1. The summed E-state index contributed by atoms with van der Waals surface area (Å²) in [5, 5.41) is 12.2. The first kappa shape index (κ1) is 15.0. The number of nitrogens with one attached hydrogen (secondary N) is 1. The highest BCUT2D eigenvalue weighted by molar-refractivity contribution is 6.05. The Bertz CT molecular complexity index is 783. The number of carbonyl (C=O) groups is 3. The Morgan fingerprint density at radius 2 is 1.78 bits per heavy atom. The maximum Gasteiger partial charge on any atom is 0.311 e. The molecule has 5 nitrogen and oxygen atoms in total. The van der Waals surface area contributed by atoms with E-state index < -0.39 is 11.9 Å². The van der Waals surface area contributed by atoms with Gasteiger partial charge in [-0.15, -0.1) is 0 Å². The number of ketones is 1. The van der Waals surface area contributed by atoms with E-state index in [9.17, 15) is 19.5 Å². The van der Waals surface area contributed by atoms with Crippen LogP contribution in [0.25, 0.3) is 0 Å². The first-order valence-corrected chi connectivity index (χ1v) is 7.29. The van der Waals surface area contributed by atoms with Gasteiger partial charge in [0.25, 0.3) is 5.91 Å². The third-order valence-electron chi connectivity index (χ3n) is 3.95. The van der Waals surface area contributed by atoms with E-state index in [1.165, 1.54) is 0 Å². The van der Waals surface area contributed by atoms with E-state index in [0.29, 0.717) is 22.4 Å². The second-order valence-corrected chi connectivity index (χ2v) is 5.51. The highest BCUT2D eigenvalue weighted by Gasteiger charge is 2.33. The lowest BCUT2D eigenvalue weighted by molar-refractivity contribution is -0.140. The third-order valence-corrected chi connectivity index (χ3v) is 3.95. The molecule has 1 atom stereocenters. The minimum atomic E-state index is -1.05. The van der Waals surface area contributed by atoms with Crippen LogP contribution in [-0.2, 0) is 16.0 Å². The van der Waals surface area contributed by atoms with Crippen LogP contribution in [0.3, 0.4) is 0 Å². The van der Waals surface area contributed by atoms with Gasteiger partial charge in [-0.1, -0.05) is 30.3 Å². The van der Waals surface area contributed by atoms with Crippen LogP contribution in [0.15, 0.2) is 48.5 Å². The largest absolute Gasteiger partial charge is 0.481 e. The van der Waals surface area contributed by atoms with Crippen LogP contribution in [0, 0.1) is 0 Å². The van der Waals surface area contributed by atoms with Crippen molar-refractivity contribution in [2.75, 3.05) is 5.32 Å². The van der Waals surface area contributed by atoms with Crippen molar-refractivity contribution in [3.63, 3.8) is 0 Å². The Balaban J connectivity index is 1.98. The molecule has 0 bridgehead atoms. The maximum absolute atomic E-state index is 12.3. The molecule has 2 N–H and O–H groups in total. The number of anilines is 1. The lowest BCUT2D eigenvalue weighted by atomic mass is 9.81. The van der Waals surface area contributed by atoms with Crippen molar-refractivity contribution in [2.45, 2.75) is 18.8 Å². The quantitative estimate of drug-likeness (QED) is 0.913. The molecule has 5 heteroatoms. The summed E-state index contributed by atoms with van der Waals surface area (Å²) < 4.78 is 0. The van der Waals surface area contributed by atoms with Gasteiger partial charge in [0.1, 0.15) is 5.78 Å². The molecule has 0 aliphatic heterocycles. The molecular weight excluding hydrogens is 294 g/mol. The van der Waals surface area contributed by atoms with Crippen LogP contribution in [0.5, 0.6) is 0 Å². The molecule has 1 aliphatic rings. The number of fused-ring (bicyclic) bond motifs is 1. The zero-order valence-electron chi connectivity index (χ0n) is 12.3. The second-order valence-electron chi connectivity index (χ2n) is 5.51. The average Bonchev–Trinajstić information content (AvgIpc) is 2.54. The summed E-state index contributed by atoms with van der Waals surface area (Å²) in [5.74, 6) is -2.38. The van der Waals surface area contributed by atoms with Crippen LogP contribution >= 0.6 is 0 Å². The van der Waals surface area contributed by atoms with Crippen LogP contribution < -0.4 is 5.32 Å². The summed E-state index contributed by atoms with van der Waals surface area (Å²) >= 11 is 0. The van der Waals surface area contributed by atoms with Crippen LogP contribution in [0.2, 0.25) is 0 Å². The monoisotopic (exact) mass is 309 g/mol. The summed E-state index contributed by atoms with van der Waals surface area (Å²) in [7, 11) is 0. The van der Waals surface area contributed by atoms with E-state index in [1.54, 1.807) is 42.5 Å². The normalized spacial score (nSPS) is 16.5. The minimum absolute atomic E-state index is 0.0411. The lowest BCUT2D eigenvalue weighted by Crippen LogP contribution is -2.26. The molecule has 2 aromatic carbocycles. The summed E-state index contributed by atoms with van der Waals surface area (Å²) in [4.78, 5) is 35.6. The molecule has 23 heavy (non-hydrogen) atoms. The van der Waals surface area contributed by atoms with Gasteiger partial charge in [0, 0.05) is 24.1 Å². The Morgan fingerprint density at radius 3 is 2.48 bits per heavy atom. The zero-order valence-corrected chi connectivity index (χ0v) is 12.3. The molecule has 0 fully saturated rings. The Hall–Kier alpha value is -2.95. The fraction of sp³-hybridized carbons (Fsp3) is 0.167. The van der Waals surface area contributed by atoms with Gasteiger partial charge in [-0.3, -0.25) is 14.4 Å². The molecule has 0 radical (unpaired) electrons. The number of carboxylic acids is 1. The number of rotatable bonds is 3. The Morgan fingerprint density at radius 1 is 1.04 bits per heavy atom. The molecule has 1 unspecified atom stereocenters. The number of Topliss-reactive ketones (excluding diaryl/α,β-unsaturated/α-hetero) is 1. The number of hydrogen-bond donors (Lipinski definition) is 2. The topological polar surface area (TPSA) is 83.5 Å². The fourth-order valence-corrected chi connectivity index (χ4v) is 2.90. The maximum atomic E-state index is 12.3. The highest BCUT2D eigenvalue weighted by atomic mass is 16.4. The van der Waals surface area contributed by atoms with Crippen molar-refractivity contribution in [3.8, 4) is 0 Å². The molecule has 0 aromatic heterocycles. The molecule has 2 aromatic rings. The number of benzene rings is 2. The summed E-state index contributed by atoms with van der Waals surface area (Å²) in [5.41, 5.74) is 2.14. The number of hydrogen-bond acceptors (Lipinski definition) is 3. The second kappa shape index (κ2) is 6.04. The average molecular weight is 309 g/mol. The molecule has 116 valence electrons. The van der Waals surface area contributed by atoms with Crippen molar-refractivity contribution >= 4 is 23.3 Å². The van der Waals surface area contributed by atoms with E-state index in [1.807, 2.05) is 6.07 Å². The first-order chi connectivity index (χ1) is 11.1. The standard InChI is InChI=1S/C18H15NO4/c20-13-9-12-7-4-8-15(16(12)14(10-13)18(22)23)19-17(21)11-5-2-1-3-6-11/h1-8,14H,9-10H2,(H,19,21)(H,22,23). The predicted octanol–water partition coefficient (Wildman–Crippen LogP) is 2.62. The smallest absolute Gasteiger partial charge is 0.311 e. The molecule has 0 saturated heterocycles. The van der Waals surface area contributed by atoms with Crippen molar-refractivity contribution in [1.82, 2.24) is 0 Å². The van der Waals surface area contributed by atoms with Gasteiger partial charge in [0.2, 0.25) is 0 Å². The molecule has 1 aliphatic carbocycles. The minimum Gasteiger partial charge on any atom is -0.481 e. The van der Waals surface area contributed by atoms with E-state index >= 15 is 0 Å². The Kier molecular flexibility index (Phi) is 3.93. The Labute approximate surface area is 133 Å². The molecular formula is C18H15NO4. The van der Waals surface area contributed by atoms with Crippen molar-refractivity contribution < 1.29 is 19.5 Å². The van der Waals surface area contributed by atoms with E-state index in [4.69, 9.17) is 0 Å². The van der Waals surface area contributed by atoms with Crippen molar-refractivity contribution in [2.24, 2.45) is 0 Å². The van der Waals surface area contributed by atoms with Crippen molar-refractivity contribution in [3.05, 3.63) is 65.2 Å². The number of amides is 1. The van der Waals surface area contributed by atoms with Crippen molar-refractivity contribution in [1.29, 1.82) is 0 Å². The van der Waals surface area contributed by atoms with E-state index in [0.717, 1.165) is 0 Å². The first-order valence-electron chi connectivity index (χ1n) is 7.29. The molecule has 0 spiro atoms. The van der Waals surface area contributed by atoms with Gasteiger partial charge in [-0.25, -0.2) is 0 Å². The number of aliphatic carboxylic acids is 1. The van der Waals surface area contributed by atoms with Crippen LogP contribution in [-0.4, -0.2) is 22.8 Å². The van der Waals surface area contributed by atoms with Gasteiger partial charge < -0.3 is 10.4 Å². The molecule has 0 saturated carbocycles. The zero-order chi connectivity index (χ0) is 16.4. The summed E-state index contributed by atoms with van der Waals surface area (Å²) in [6.07, 6.45) is 0.161. The number of carboxylic acid groups (broad SMARTS) is 1. The van der Waals surface area contributed by atoms with Gasteiger partial charge in [-0.05, 0) is 29.3 Å². The van der Waals surface area contributed by atoms with Gasteiger partial charge >= 0.3 is 5.97 Å². The predicted molar refractivity (Wildman–Crippen MR) is 84.5 cm³/mol. The third kappa shape index (κ3) is 2.99. The lowest BCUT2D eigenvalue weighted by Gasteiger charge is -2.24. The molecule has 0 heterocycles. The van der Waals surface area contributed by atoms with Gasteiger partial charge in [-0.2, -0.15) is 0 Å². The van der Waals surface area contributed by atoms with Crippen LogP contribution in [0.1, 0.15) is 33.8 Å². The molecule has 3 rings (SSSR count). The summed E-state index contributed by atoms with van der Waals surface area (Å²) in [6.45, 7) is 0. The fourth-order valence-electron chi connectivity index (χ4n) is 2.90. The van der Waals surface area contributed by atoms with Crippen LogP contribution in [0.4, 0.5) is 5.69 Å². The number of carbonyl (C=O) groups excluding carboxylic acids is 2. The molecule has 1 amide bonds. The highest BCUT2D eigenvalue weighted by Crippen LogP contribution is 2.35. The summed E-state index contributed by atoms with van der Waals surface area (Å²) in [6, 6.07) is 13.8. The van der Waals surface area contributed by atoms with Gasteiger partial charge in [0.15, 0.2) is 0 Å². The van der Waals surface area contributed by atoms with E-state index in [2.05, 4.69) is 5.32 Å².